The maximum atomic E-state index is 8.64. The number of aliphatic hydroxyl groups is 1. The van der Waals surface area contributed by atoms with Gasteiger partial charge in [-0.25, -0.2) is 4.98 Å². The molecule has 0 saturated carbocycles. The van der Waals surface area contributed by atoms with E-state index in [1.807, 2.05) is 24.5 Å². The van der Waals surface area contributed by atoms with Gasteiger partial charge >= 0.3 is 0 Å². The molecule has 1 aromatic rings. The third-order valence-electron chi connectivity index (χ3n) is 1.04. The largest absolute Gasteiger partial charge is 0.390 e. The van der Waals surface area contributed by atoms with E-state index in [1.54, 1.807) is 11.3 Å². The van der Waals surface area contributed by atoms with Crippen molar-refractivity contribution in [1.29, 1.82) is 0 Å². The molecule has 3 heteroatoms. The van der Waals surface area contributed by atoms with Gasteiger partial charge in [0.05, 0.1) is 12.3 Å². The van der Waals surface area contributed by atoms with Crippen molar-refractivity contribution >= 4 is 17.4 Å². The second kappa shape index (κ2) is 3.49. The van der Waals surface area contributed by atoms with Gasteiger partial charge in [0.1, 0.15) is 5.01 Å². The average Bonchev–Trinajstić information content (AvgIpc) is 2.37. The predicted molar refractivity (Wildman–Crippen MR) is 42.7 cm³/mol. The predicted octanol–water partition coefficient (Wildman–Crippen LogP) is 1.67. The summed E-state index contributed by atoms with van der Waals surface area (Å²) in [5.41, 5.74) is 0.748. The van der Waals surface area contributed by atoms with Crippen LogP contribution in [0.4, 0.5) is 0 Å². The molecule has 0 aliphatic carbocycles. The molecule has 0 unspecified atom stereocenters. The number of aliphatic hydroxyl groups excluding tert-OH is 1. The van der Waals surface area contributed by atoms with Crippen LogP contribution in [0.15, 0.2) is 11.5 Å². The summed E-state index contributed by atoms with van der Waals surface area (Å²) in [6, 6.07) is 0. The first-order valence-corrected chi connectivity index (χ1v) is 3.92. The number of nitrogens with zero attached hydrogens (tertiary/aromatic N) is 1. The van der Waals surface area contributed by atoms with E-state index in [9.17, 15) is 0 Å². The Morgan fingerprint density at radius 2 is 2.60 bits per heavy atom. The van der Waals surface area contributed by atoms with Crippen LogP contribution in [0.1, 0.15) is 17.6 Å². The highest BCUT2D eigenvalue weighted by atomic mass is 32.1. The van der Waals surface area contributed by atoms with Crippen molar-refractivity contribution in [2.45, 2.75) is 13.5 Å². The first-order valence-electron chi connectivity index (χ1n) is 3.04. The Morgan fingerprint density at radius 3 is 3.10 bits per heavy atom. The number of rotatable bonds is 2. The summed E-state index contributed by atoms with van der Waals surface area (Å²) in [6.45, 7) is 1.98. The van der Waals surface area contributed by atoms with E-state index in [0.717, 1.165) is 10.7 Å². The average molecular weight is 155 g/mol. The lowest BCUT2D eigenvalue weighted by molar-refractivity contribution is 0.277. The minimum Gasteiger partial charge on any atom is -0.390 e. The molecule has 2 nitrogen and oxygen atoms in total. The van der Waals surface area contributed by atoms with Gasteiger partial charge in [0.25, 0.3) is 0 Å². The van der Waals surface area contributed by atoms with Crippen molar-refractivity contribution < 1.29 is 5.11 Å². The third-order valence-corrected chi connectivity index (χ3v) is 1.90. The van der Waals surface area contributed by atoms with Crippen LogP contribution in [0.3, 0.4) is 0 Å². The quantitative estimate of drug-likeness (QED) is 0.704. The molecular weight excluding hydrogens is 146 g/mol. The van der Waals surface area contributed by atoms with Crippen LogP contribution in [-0.4, -0.2) is 10.1 Å². The van der Waals surface area contributed by atoms with Gasteiger partial charge in [-0.3, -0.25) is 0 Å². The van der Waals surface area contributed by atoms with Crippen molar-refractivity contribution in [3.63, 3.8) is 0 Å². The highest BCUT2D eigenvalue weighted by molar-refractivity contribution is 7.10. The Kier molecular flexibility index (Phi) is 2.59. The molecule has 0 amide bonds. The zero-order valence-corrected chi connectivity index (χ0v) is 6.56. The summed E-state index contributed by atoms with van der Waals surface area (Å²) >= 11 is 1.54. The smallest absolute Gasteiger partial charge is 0.116 e. The van der Waals surface area contributed by atoms with E-state index < -0.39 is 0 Å². The van der Waals surface area contributed by atoms with E-state index in [2.05, 4.69) is 4.98 Å². The monoisotopic (exact) mass is 155 g/mol. The van der Waals surface area contributed by atoms with Crippen LogP contribution >= 0.6 is 11.3 Å². The molecule has 0 aliphatic rings. The van der Waals surface area contributed by atoms with E-state index >= 15 is 0 Å². The lowest BCUT2D eigenvalue weighted by Crippen LogP contribution is -1.80. The van der Waals surface area contributed by atoms with Crippen LogP contribution in [0, 0.1) is 0 Å². The number of allylic oxidation sites excluding steroid dienone is 1. The van der Waals surface area contributed by atoms with Gasteiger partial charge in [-0.1, -0.05) is 6.08 Å². The summed E-state index contributed by atoms with van der Waals surface area (Å²) in [7, 11) is 0. The molecule has 1 aromatic heterocycles. The summed E-state index contributed by atoms with van der Waals surface area (Å²) in [5.74, 6) is 0. The second-order valence-electron chi connectivity index (χ2n) is 1.84. The first-order chi connectivity index (χ1) is 4.86. The number of aromatic nitrogens is 1. The highest BCUT2D eigenvalue weighted by Crippen LogP contribution is 2.10. The molecule has 0 bridgehead atoms. The number of thiazole rings is 1. The van der Waals surface area contributed by atoms with E-state index in [1.165, 1.54) is 0 Å². The van der Waals surface area contributed by atoms with E-state index in [4.69, 9.17) is 5.11 Å². The molecule has 1 rings (SSSR count). The Labute approximate surface area is 63.9 Å². The van der Waals surface area contributed by atoms with Crippen LogP contribution in [0.5, 0.6) is 0 Å². The topological polar surface area (TPSA) is 33.1 Å². The van der Waals surface area contributed by atoms with Crippen LogP contribution in [-0.2, 0) is 6.61 Å². The van der Waals surface area contributed by atoms with Crippen molar-refractivity contribution in [3.05, 3.63) is 22.2 Å². The zero-order chi connectivity index (χ0) is 7.40. The Morgan fingerprint density at radius 1 is 1.80 bits per heavy atom. The highest BCUT2D eigenvalue weighted by Gasteiger charge is 1.94. The Hall–Kier alpha value is -0.670. The van der Waals surface area contributed by atoms with Crippen molar-refractivity contribution in [1.82, 2.24) is 4.98 Å². The molecule has 0 fully saturated rings. The third kappa shape index (κ3) is 1.65. The molecule has 0 atom stereocenters. The molecular formula is C7H9NOS. The molecule has 0 saturated heterocycles. The van der Waals surface area contributed by atoms with Gasteiger partial charge in [0, 0.05) is 5.38 Å². The van der Waals surface area contributed by atoms with E-state index in [-0.39, 0.29) is 6.61 Å². The van der Waals surface area contributed by atoms with Crippen molar-refractivity contribution in [2.75, 3.05) is 0 Å². The number of hydrogen-bond donors (Lipinski definition) is 1. The molecule has 0 spiro atoms. The Bertz CT molecular complexity index is 229. The van der Waals surface area contributed by atoms with Crippen LogP contribution < -0.4 is 0 Å². The molecule has 1 N–H and O–H groups in total. The summed E-state index contributed by atoms with van der Waals surface area (Å²) < 4.78 is 0. The van der Waals surface area contributed by atoms with Gasteiger partial charge in [0.2, 0.25) is 0 Å². The van der Waals surface area contributed by atoms with Gasteiger partial charge in [-0.15, -0.1) is 11.3 Å². The molecule has 54 valence electrons. The molecule has 0 aliphatic heterocycles. The van der Waals surface area contributed by atoms with Gasteiger partial charge in [0.15, 0.2) is 0 Å². The minimum atomic E-state index is 0.0358. The first kappa shape index (κ1) is 7.44. The normalized spacial score (nSPS) is 11.0. The summed E-state index contributed by atoms with van der Waals surface area (Å²) in [6.07, 6.45) is 3.85. The number of hydrogen-bond acceptors (Lipinski definition) is 3. The van der Waals surface area contributed by atoms with Crippen molar-refractivity contribution in [3.8, 4) is 0 Å². The maximum Gasteiger partial charge on any atom is 0.116 e. The standard InChI is InChI=1S/C7H9NOS/c1-2-3-7-8-6(4-9)5-10-7/h2-3,5,9H,4H2,1H3/b3-2-. The summed E-state index contributed by atoms with van der Waals surface area (Å²) in [5, 5.41) is 11.4. The summed E-state index contributed by atoms with van der Waals surface area (Å²) in [4.78, 5) is 4.10. The van der Waals surface area contributed by atoms with Gasteiger partial charge in [-0.2, -0.15) is 0 Å². The second-order valence-corrected chi connectivity index (χ2v) is 2.72. The van der Waals surface area contributed by atoms with Crippen molar-refractivity contribution in [2.24, 2.45) is 0 Å². The van der Waals surface area contributed by atoms with Gasteiger partial charge < -0.3 is 5.11 Å². The zero-order valence-electron chi connectivity index (χ0n) is 5.74. The minimum absolute atomic E-state index is 0.0358. The molecule has 10 heavy (non-hydrogen) atoms. The molecule has 1 heterocycles. The fourth-order valence-corrected chi connectivity index (χ4v) is 1.38. The SMILES string of the molecule is C/C=C\c1nc(CO)cs1. The lowest BCUT2D eigenvalue weighted by Gasteiger charge is -1.81. The maximum absolute atomic E-state index is 8.64. The molecule has 0 aromatic carbocycles. The molecule has 0 radical (unpaired) electrons. The fourth-order valence-electron chi connectivity index (χ4n) is 0.614. The fraction of sp³-hybridized carbons (Fsp3) is 0.286. The Balaban J connectivity index is 2.78. The van der Waals surface area contributed by atoms with Gasteiger partial charge in [-0.05, 0) is 13.0 Å². The lowest BCUT2D eigenvalue weighted by atomic mass is 10.5. The van der Waals surface area contributed by atoms with E-state index in [0.29, 0.717) is 0 Å². The van der Waals surface area contributed by atoms with Crippen LogP contribution in [0.2, 0.25) is 0 Å². The van der Waals surface area contributed by atoms with Crippen LogP contribution in [0.25, 0.3) is 6.08 Å².